The second-order valence-corrected chi connectivity index (χ2v) is 8.92. The Labute approximate surface area is 185 Å². The maximum atomic E-state index is 12.9. The van der Waals surface area contributed by atoms with Crippen LogP contribution in [0.25, 0.3) is 0 Å². The molecule has 0 saturated heterocycles. The van der Waals surface area contributed by atoms with Crippen LogP contribution < -0.4 is 14.2 Å². The average Bonchev–Trinajstić information content (AvgIpc) is 3.12. The van der Waals surface area contributed by atoms with E-state index in [1.54, 1.807) is 25.3 Å². The molecule has 2 aliphatic rings. The first-order chi connectivity index (χ1) is 14.8. The van der Waals surface area contributed by atoms with E-state index in [1.165, 1.54) is 7.11 Å². The van der Waals surface area contributed by atoms with Gasteiger partial charge in [-0.1, -0.05) is 44.2 Å². The van der Waals surface area contributed by atoms with Gasteiger partial charge in [0.15, 0.2) is 5.78 Å². The predicted octanol–water partition coefficient (Wildman–Crippen LogP) is 4.67. The van der Waals surface area contributed by atoms with Gasteiger partial charge in [0, 0.05) is 29.5 Å². The van der Waals surface area contributed by atoms with E-state index in [9.17, 15) is 9.59 Å². The van der Waals surface area contributed by atoms with E-state index in [4.69, 9.17) is 14.2 Å². The predicted molar refractivity (Wildman–Crippen MR) is 120 cm³/mol. The molecule has 1 unspecified atom stereocenters. The van der Waals surface area contributed by atoms with Crippen LogP contribution in [0.1, 0.15) is 36.2 Å². The van der Waals surface area contributed by atoms with Gasteiger partial charge in [0.2, 0.25) is 5.12 Å². The highest BCUT2D eigenvalue weighted by Gasteiger charge is 2.39. The van der Waals surface area contributed by atoms with Crippen molar-refractivity contribution in [2.75, 3.05) is 14.2 Å². The maximum Gasteiger partial charge on any atom is 0.243 e. The Hall–Kier alpha value is -3.06. The number of methoxy groups -OCH3 is 2. The minimum Gasteiger partial charge on any atom is -0.496 e. The van der Waals surface area contributed by atoms with E-state index >= 15 is 0 Å². The summed E-state index contributed by atoms with van der Waals surface area (Å²) in [7, 11) is 3.05. The Morgan fingerprint density at radius 1 is 1.13 bits per heavy atom. The third-order valence-electron chi connectivity index (χ3n) is 5.39. The number of hydrogen-bond acceptors (Lipinski definition) is 7. The van der Waals surface area contributed by atoms with Crippen molar-refractivity contribution in [3.8, 4) is 17.2 Å². The van der Waals surface area contributed by atoms with Crippen LogP contribution in [0, 0.1) is 5.41 Å². The van der Waals surface area contributed by atoms with Gasteiger partial charge in [0.1, 0.15) is 39.7 Å². The highest BCUT2D eigenvalue weighted by atomic mass is 32.2. The lowest BCUT2D eigenvalue weighted by atomic mass is 9.80. The number of benzene rings is 2. The number of ether oxygens (including phenoxy) is 3. The fourth-order valence-electron chi connectivity index (χ4n) is 3.65. The van der Waals surface area contributed by atoms with Crippen LogP contribution in [0.3, 0.4) is 0 Å². The Morgan fingerprint density at radius 3 is 2.55 bits per heavy atom. The SMILES string of the molecule is COc1cc(OC)c2c(c1)OC(C(C)(C)C=C1N=C(c3ccccc3)SC1=O)CC2=O. The van der Waals surface area contributed by atoms with Gasteiger partial charge in [-0.3, -0.25) is 9.59 Å². The molecule has 31 heavy (non-hydrogen) atoms. The molecular formula is C24H23NO5S. The first kappa shape index (κ1) is 21.2. The molecule has 160 valence electrons. The van der Waals surface area contributed by atoms with E-state index in [1.807, 2.05) is 44.2 Å². The molecule has 0 fully saturated rings. The molecule has 7 heteroatoms. The molecule has 4 rings (SSSR count). The summed E-state index contributed by atoms with van der Waals surface area (Å²) in [5, 5.41) is 0.561. The summed E-state index contributed by atoms with van der Waals surface area (Å²) in [5.74, 6) is 1.32. The molecule has 6 nitrogen and oxygen atoms in total. The molecule has 0 aliphatic carbocycles. The van der Waals surface area contributed by atoms with Crippen LogP contribution in [0.2, 0.25) is 0 Å². The zero-order valence-electron chi connectivity index (χ0n) is 17.8. The second-order valence-electron chi connectivity index (χ2n) is 7.96. The number of carbonyl (C=O) groups is 2. The molecule has 2 aliphatic heterocycles. The fourth-order valence-corrected chi connectivity index (χ4v) is 4.43. The molecule has 2 heterocycles. The normalized spacial score (nSPS) is 19.7. The summed E-state index contributed by atoms with van der Waals surface area (Å²) in [6, 6.07) is 13.0. The molecule has 0 bridgehead atoms. The van der Waals surface area contributed by atoms with Gasteiger partial charge in [0.05, 0.1) is 14.2 Å². The molecule has 0 aromatic heterocycles. The average molecular weight is 438 g/mol. The van der Waals surface area contributed by atoms with Crippen molar-refractivity contribution >= 4 is 27.7 Å². The molecule has 2 aromatic rings. The number of fused-ring (bicyclic) bond motifs is 1. The second kappa shape index (κ2) is 8.23. The molecular weight excluding hydrogens is 414 g/mol. The van der Waals surface area contributed by atoms with Crippen molar-refractivity contribution < 1.29 is 23.8 Å². The van der Waals surface area contributed by atoms with Gasteiger partial charge in [-0.05, 0) is 17.8 Å². The Bertz CT molecular complexity index is 1100. The number of aliphatic imine (C=N–C) groups is 1. The van der Waals surface area contributed by atoms with Gasteiger partial charge < -0.3 is 14.2 Å². The van der Waals surface area contributed by atoms with E-state index in [0.29, 0.717) is 33.6 Å². The summed E-state index contributed by atoms with van der Waals surface area (Å²) >= 11 is 1.12. The molecule has 0 radical (unpaired) electrons. The molecule has 0 spiro atoms. The first-order valence-corrected chi connectivity index (χ1v) is 10.7. The summed E-state index contributed by atoms with van der Waals surface area (Å²) in [5.41, 5.74) is 1.07. The molecule has 0 saturated carbocycles. The Morgan fingerprint density at radius 2 is 1.87 bits per heavy atom. The topological polar surface area (TPSA) is 74.2 Å². The number of thioether (sulfide) groups is 1. The van der Waals surface area contributed by atoms with Crippen LogP contribution >= 0.6 is 11.8 Å². The third kappa shape index (κ3) is 4.10. The van der Waals surface area contributed by atoms with Crippen molar-refractivity contribution in [1.29, 1.82) is 0 Å². The lowest BCUT2D eigenvalue weighted by Crippen LogP contribution is -2.38. The number of nitrogens with zero attached hydrogens (tertiary/aromatic N) is 1. The van der Waals surface area contributed by atoms with E-state index < -0.39 is 11.5 Å². The molecule has 2 aromatic carbocycles. The number of rotatable bonds is 5. The largest absolute Gasteiger partial charge is 0.496 e. The highest BCUT2D eigenvalue weighted by molar-refractivity contribution is 8.27. The minimum absolute atomic E-state index is 0.0715. The van der Waals surface area contributed by atoms with Gasteiger partial charge >= 0.3 is 0 Å². The van der Waals surface area contributed by atoms with Crippen molar-refractivity contribution in [1.82, 2.24) is 0 Å². The maximum absolute atomic E-state index is 12.9. The van der Waals surface area contributed by atoms with Gasteiger partial charge in [-0.15, -0.1) is 0 Å². The Balaban J connectivity index is 1.65. The minimum atomic E-state index is -0.620. The van der Waals surface area contributed by atoms with E-state index in [0.717, 1.165) is 17.3 Å². The number of Topliss-reactive ketones (excluding diaryl/α,β-unsaturated/α-hetero) is 1. The van der Waals surface area contributed by atoms with Crippen LogP contribution in [0.15, 0.2) is 59.2 Å². The van der Waals surface area contributed by atoms with Crippen LogP contribution in [-0.4, -0.2) is 36.3 Å². The number of hydrogen-bond donors (Lipinski definition) is 0. The quantitative estimate of drug-likeness (QED) is 0.633. The van der Waals surface area contributed by atoms with Crippen LogP contribution in [0.5, 0.6) is 17.2 Å². The van der Waals surface area contributed by atoms with E-state index in [2.05, 4.69) is 4.99 Å². The standard InChI is InChI=1S/C24H23NO5S/c1-24(2,13-16-23(27)31-22(25-16)14-8-6-5-7-9-14)20-12-17(26)21-18(29-4)10-15(28-3)11-19(21)30-20/h5-11,13,20H,12H2,1-4H3. The monoisotopic (exact) mass is 437 g/mol. The first-order valence-electron chi connectivity index (χ1n) is 9.87. The van der Waals surface area contributed by atoms with E-state index in [-0.39, 0.29) is 17.3 Å². The summed E-state index contributed by atoms with van der Waals surface area (Å²) < 4.78 is 16.9. The molecule has 0 amide bonds. The van der Waals surface area contributed by atoms with Gasteiger partial charge in [-0.2, -0.15) is 0 Å². The molecule has 0 N–H and O–H groups in total. The summed E-state index contributed by atoms with van der Waals surface area (Å²) in [6.45, 7) is 3.88. The van der Waals surface area contributed by atoms with Gasteiger partial charge in [-0.25, -0.2) is 4.99 Å². The highest BCUT2D eigenvalue weighted by Crippen LogP contribution is 2.43. The van der Waals surface area contributed by atoms with Gasteiger partial charge in [0.25, 0.3) is 0 Å². The van der Waals surface area contributed by atoms with Crippen molar-refractivity contribution in [2.24, 2.45) is 10.4 Å². The summed E-state index contributed by atoms with van der Waals surface area (Å²) in [4.78, 5) is 30.1. The number of ketones is 1. The summed E-state index contributed by atoms with van der Waals surface area (Å²) in [6.07, 6.45) is 1.51. The van der Waals surface area contributed by atoms with Crippen molar-refractivity contribution in [3.05, 3.63) is 65.4 Å². The van der Waals surface area contributed by atoms with Crippen molar-refractivity contribution in [3.63, 3.8) is 0 Å². The smallest absolute Gasteiger partial charge is 0.243 e. The number of carbonyl (C=O) groups excluding carboxylic acids is 2. The fraction of sp³-hybridized carbons (Fsp3) is 0.292. The zero-order valence-corrected chi connectivity index (χ0v) is 18.6. The van der Waals surface area contributed by atoms with Crippen LogP contribution in [-0.2, 0) is 4.79 Å². The van der Waals surface area contributed by atoms with Crippen molar-refractivity contribution in [2.45, 2.75) is 26.4 Å². The zero-order chi connectivity index (χ0) is 22.2. The van der Waals surface area contributed by atoms with Crippen LogP contribution in [0.4, 0.5) is 0 Å². The lowest BCUT2D eigenvalue weighted by molar-refractivity contribution is -0.107. The Kier molecular flexibility index (Phi) is 5.62. The lowest BCUT2D eigenvalue weighted by Gasteiger charge is -2.35. The third-order valence-corrected chi connectivity index (χ3v) is 6.31. The molecule has 1 atom stereocenters.